The monoisotopic (exact) mass is 203 g/mol. The Morgan fingerprint density at radius 1 is 1.33 bits per heavy atom. The molecule has 3 heteroatoms. The van der Waals surface area contributed by atoms with Gasteiger partial charge in [0.15, 0.2) is 0 Å². The zero-order valence-corrected chi connectivity index (χ0v) is 9.70. The number of aromatic nitrogens is 2. The molecule has 0 aliphatic heterocycles. The van der Waals surface area contributed by atoms with E-state index < -0.39 is 0 Å². The van der Waals surface area contributed by atoms with E-state index in [0.29, 0.717) is 0 Å². The second kappa shape index (κ2) is 3.07. The molecule has 0 fully saturated rings. The van der Waals surface area contributed by atoms with Crippen molar-refractivity contribution in [2.75, 3.05) is 0 Å². The van der Waals surface area contributed by atoms with Gasteiger partial charge >= 0.3 is 0 Å². The molecule has 2 aromatic rings. The predicted octanol–water partition coefficient (Wildman–Crippen LogP) is 2.08. The van der Waals surface area contributed by atoms with Crippen LogP contribution in [0.2, 0.25) is 0 Å². The molecule has 1 aromatic carbocycles. The van der Waals surface area contributed by atoms with Crippen LogP contribution in [0.25, 0.3) is 11.0 Å². The Balaban J connectivity index is 2.67. The van der Waals surface area contributed by atoms with Crippen molar-refractivity contribution in [2.24, 2.45) is 12.8 Å². The number of nitrogens with zero attached hydrogens (tertiary/aromatic N) is 2. The zero-order valence-electron chi connectivity index (χ0n) is 9.70. The summed E-state index contributed by atoms with van der Waals surface area (Å²) in [5, 5.41) is 0. The molecule has 2 rings (SSSR count). The summed E-state index contributed by atoms with van der Waals surface area (Å²) >= 11 is 0. The molecule has 0 saturated carbocycles. The van der Waals surface area contributed by atoms with Crippen LogP contribution in [0.4, 0.5) is 0 Å². The lowest BCUT2D eigenvalue weighted by Crippen LogP contribution is -2.28. The lowest BCUT2D eigenvalue weighted by Gasteiger charge is -2.18. The van der Waals surface area contributed by atoms with Crippen molar-refractivity contribution >= 4 is 11.0 Å². The van der Waals surface area contributed by atoms with Crippen LogP contribution >= 0.6 is 0 Å². The van der Waals surface area contributed by atoms with E-state index in [9.17, 15) is 0 Å². The third kappa shape index (κ3) is 1.63. The summed E-state index contributed by atoms with van der Waals surface area (Å²) in [6.45, 7) is 6.02. The van der Waals surface area contributed by atoms with Gasteiger partial charge in [-0.1, -0.05) is 6.07 Å². The van der Waals surface area contributed by atoms with E-state index in [2.05, 4.69) is 27.8 Å². The van der Waals surface area contributed by atoms with Gasteiger partial charge in [0.25, 0.3) is 0 Å². The summed E-state index contributed by atoms with van der Waals surface area (Å²) < 4.78 is 2.09. The fraction of sp³-hybridized carbons (Fsp3) is 0.417. The Morgan fingerprint density at radius 3 is 2.60 bits per heavy atom. The molecule has 0 amide bonds. The van der Waals surface area contributed by atoms with Gasteiger partial charge in [-0.05, 0) is 38.5 Å². The Labute approximate surface area is 89.9 Å². The first kappa shape index (κ1) is 10.2. The summed E-state index contributed by atoms with van der Waals surface area (Å²) in [5.41, 5.74) is 9.04. The highest BCUT2D eigenvalue weighted by molar-refractivity contribution is 5.77. The summed E-state index contributed by atoms with van der Waals surface area (Å²) in [7, 11) is 2.03. The minimum atomic E-state index is -0.306. The highest BCUT2D eigenvalue weighted by Crippen LogP contribution is 2.22. The zero-order chi connectivity index (χ0) is 11.2. The van der Waals surface area contributed by atoms with Gasteiger partial charge < -0.3 is 10.3 Å². The van der Waals surface area contributed by atoms with E-state index >= 15 is 0 Å². The molecule has 0 saturated heterocycles. The van der Waals surface area contributed by atoms with Crippen LogP contribution in [-0.2, 0) is 12.6 Å². The lowest BCUT2D eigenvalue weighted by atomic mass is 9.95. The number of rotatable bonds is 1. The molecule has 2 N–H and O–H groups in total. The molecule has 3 nitrogen and oxygen atoms in total. The van der Waals surface area contributed by atoms with E-state index in [4.69, 9.17) is 5.73 Å². The number of nitrogens with two attached hydrogens (primary N) is 1. The molecule has 80 valence electrons. The molecular weight excluding hydrogens is 186 g/mol. The van der Waals surface area contributed by atoms with E-state index in [1.165, 1.54) is 0 Å². The maximum Gasteiger partial charge on any atom is 0.106 e. The SMILES string of the molecule is Cc1nc2cc(C(C)(C)N)ccc2n1C. The van der Waals surface area contributed by atoms with Crippen molar-refractivity contribution in [3.8, 4) is 0 Å². The van der Waals surface area contributed by atoms with Crippen LogP contribution in [0.3, 0.4) is 0 Å². The van der Waals surface area contributed by atoms with Crippen LogP contribution in [0, 0.1) is 6.92 Å². The van der Waals surface area contributed by atoms with Crippen molar-refractivity contribution in [2.45, 2.75) is 26.3 Å². The van der Waals surface area contributed by atoms with Crippen molar-refractivity contribution < 1.29 is 0 Å². The van der Waals surface area contributed by atoms with Crippen LogP contribution in [0.5, 0.6) is 0 Å². The first-order valence-electron chi connectivity index (χ1n) is 5.12. The summed E-state index contributed by atoms with van der Waals surface area (Å²) in [4.78, 5) is 4.49. The average Bonchev–Trinajstić information content (AvgIpc) is 2.41. The quantitative estimate of drug-likeness (QED) is 0.771. The molecule has 0 aliphatic rings. The molecule has 0 radical (unpaired) electrons. The molecule has 0 aliphatic carbocycles. The average molecular weight is 203 g/mol. The van der Waals surface area contributed by atoms with Gasteiger partial charge in [0.1, 0.15) is 5.82 Å². The highest BCUT2D eigenvalue weighted by atomic mass is 15.0. The van der Waals surface area contributed by atoms with E-state index in [0.717, 1.165) is 22.4 Å². The first-order chi connectivity index (χ1) is 6.89. The van der Waals surface area contributed by atoms with E-state index in [-0.39, 0.29) is 5.54 Å². The second-order valence-electron chi connectivity index (χ2n) is 4.64. The fourth-order valence-electron chi connectivity index (χ4n) is 1.72. The van der Waals surface area contributed by atoms with Gasteiger partial charge in [0.05, 0.1) is 11.0 Å². The van der Waals surface area contributed by atoms with Crippen molar-refractivity contribution in [3.63, 3.8) is 0 Å². The van der Waals surface area contributed by atoms with Gasteiger partial charge in [-0.3, -0.25) is 0 Å². The maximum atomic E-state index is 6.06. The Kier molecular flexibility index (Phi) is 2.08. The molecule has 0 atom stereocenters. The Morgan fingerprint density at radius 2 is 2.00 bits per heavy atom. The van der Waals surface area contributed by atoms with Crippen LogP contribution in [-0.4, -0.2) is 9.55 Å². The molecular formula is C12H17N3. The van der Waals surface area contributed by atoms with Gasteiger partial charge in [-0.25, -0.2) is 4.98 Å². The second-order valence-corrected chi connectivity index (χ2v) is 4.64. The molecule has 15 heavy (non-hydrogen) atoms. The van der Waals surface area contributed by atoms with Crippen molar-refractivity contribution in [3.05, 3.63) is 29.6 Å². The Bertz CT molecular complexity index is 503. The number of benzene rings is 1. The van der Waals surface area contributed by atoms with Crippen LogP contribution < -0.4 is 5.73 Å². The summed E-state index contributed by atoms with van der Waals surface area (Å²) in [5.74, 6) is 1.02. The normalized spacial score (nSPS) is 12.3. The number of aryl methyl sites for hydroxylation is 2. The van der Waals surface area contributed by atoms with Gasteiger partial charge in [-0.15, -0.1) is 0 Å². The number of hydrogen-bond acceptors (Lipinski definition) is 2. The summed E-state index contributed by atoms with van der Waals surface area (Å²) in [6, 6.07) is 6.23. The Hall–Kier alpha value is -1.35. The highest BCUT2D eigenvalue weighted by Gasteiger charge is 2.15. The lowest BCUT2D eigenvalue weighted by molar-refractivity contribution is 0.555. The molecule has 0 spiro atoms. The molecule has 1 heterocycles. The molecule has 0 unspecified atom stereocenters. The predicted molar refractivity (Wildman–Crippen MR) is 62.7 cm³/mol. The summed E-state index contributed by atoms with van der Waals surface area (Å²) in [6.07, 6.45) is 0. The topological polar surface area (TPSA) is 43.8 Å². The smallest absolute Gasteiger partial charge is 0.106 e. The van der Waals surface area contributed by atoms with Crippen LogP contribution in [0.1, 0.15) is 25.2 Å². The number of hydrogen-bond donors (Lipinski definition) is 1. The van der Waals surface area contributed by atoms with E-state index in [1.54, 1.807) is 0 Å². The fourth-order valence-corrected chi connectivity index (χ4v) is 1.72. The van der Waals surface area contributed by atoms with Crippen LogP contribution in [0.15, 0.2) is 18.2 Å². The van der Waals surface area contributed by atoms with Gasteiger partial charge in [-0.2, -0.15) is 0 Å². The molecule has 1 aromatic heterocycles. The standard InChI is InChI=1S/C12H17N3/c1-8-14-10-7-9(12(2,3)13)5-6-11(10)15(8)4/h5-7H,13H2,1-4H3. The number of imidazole rings is 1. The molecule has 0 bridgehead atoms. The van der Waals surface area contributed by atoms with Gasteiger partial charge in [0.2, 0.25) is 0 Å². The van der Waals surface area contributed by atoms with Crippen molar-refractivity contribution in [1.82, 2.24) is 9.55 Å². The minimum absolute atomic E-state index is 0.306. The maximum absolute atomic E-state index is 6.06. The van der Waals surface area contributed by atoms with E-state index in [1.807, 2.05) is 27.8 Å². The largest absolute Gasteiger partial charge is 0.331 e. The van der Waals surface area contributed by atoms with Gasteiger partial charge in [0, 0.05) is 12.6 Å². The first-order valence-corrected chi connectivity index (χ1v) is 5.12. The minimum Gasteiger partial charge on any atom is -0.331 e. The number of fused-ring (bicyclic) bond motifs is 1. The third-order valence-corrected chi connectivity index (χ3v) is 2.85. The third-order valence-electron chi connectivity index (χ3n) is 2.85. The van der Waals surface area contributed by atoms with Crippen molar-refractivity contribution in [1.29, 1.82) is 0 Å².